The molecular weight excluding hydrogens is 420 g/mol. The molecule has 31 heavy (non-hydrogen) atoms. The summed E-state index contributed by atoms with van der Waals surface area (Å²) in [5.41, 5.74) is -1.44. The Labute approximate surface area is 181 Å². The second-order valence-electron chi connectivity index (χ2n) is 8.66. The van der Waals surface area contributed by atoms with Crippen LogP contribution in [0.3, 0.4) is 0 Å². The number of nitrogens with zero attached hydrogens (tertiary/aromatic N) is 3. The minimum absolute atomic E-state index is 0.0445. The monoisotopic (exact) mass is 450 g/mol. The van der Waals surface area contributed by atoms with Crippen molar-refractivity contribution in [2.45, 2.75) is 63.4 Å². The summed E-state index contributed by atoms with van der Waals surface area (Å²) in [5, 5.41) is 0.118. The molecule has 1 fully saturated rings. The van der Waals surface area contributed by atoms with Gasteiger partial charge < -0.3 is 4.90 Å². The number of benzene rings is 1. The van der Waals surface area contributed by atoms with Crippen LogP contribution >= 0.6 is 0 Å². The summed E-state index contributed by atoms with van der Waals surface area (Å²) < 4.78 is 30.6. The zero-order chi connectivity index (χ0) is 23.0. The maximum atomic E-state index is 13.1. The molecule has 0 unspecified atom stereocenters. The maximum Gasteiger partial charge on any atom is 0.331 e. The van der Waals surface area contributed by atoms with E-state index in [9.17, 15) is 22.8 Å². The van der Waals surface area contributed by atoms with Crippen LogP contribution in [0.25, 0.3) is 10.9 Å². The standard InChI is InChI=1S/C21H30N4O5S/c1-5-21(2,3)22-31(29,30)15-8-9-17-16(14-15)19(27)25(20(28)23(17)4)13-10-18(26)24-11-6-7-12-24/h8-9,14,22H,5-7,10-13H2,1-4H3. The molecule has 1 aliphatic rings. The number of aryl methyl sites for hydroxylation is 1. The Morgan fingerprint density at radius 2 is 1.81 bits per heavy atom. The van der Waals surface area contributed by atoms with Crippen LogP contribution in [0, 0.1) is 0 Å². The topological polar surface area (TPSA) is 110 Å². The number of nitrogens with one attached hydrogen (secondary N) is 1. The average Bonchev–Trinajstić information content (AvgIpc) is 3.26. The van der Waals surface area contributed by atoms with E-state index in [0.717, 1.165) is 17.4 Å². The zero-order valence-corrected chi connectivity index (χ0v) is 19.3. The van der Waals surface area contributed by atoms with Gasteiger partial charge in [-0.2, -0.15) is 0 Å². The van der Waals surface area contributed by atoms with E-state index in [1.807, 2.05) is 6.92 Å². The number of hydrogen-bond donors (Lipinski definition) is 1. The van der Waals surface area contributed by atoms with Gasteiger partial charge in [0.15, 0.2) is 0 Å². The van der Waals surface area contributed by atoms with Gasteiger partial charge in [0, 0.05) is 38.6 Å². The highest BCUT2D eigenvalue weighted by atomic mass is 32.2. The third kappa shape index (κ3) is 4.74. The molecule has 1 aliphatic heterocycles. The molecule has 1 amide bonds. The summed E-state index contributed by atoms with van der Waals surface area (Å²) >= 11 is 0. The quantitative estimate of drug-likeness (QED) is 0.681. The van der Waals surface area contributed by atoms with Crippen LogP contribution in [0.1, 0.15) is 46.5 Å². The van der Waals surface area contributed by atoms with Gasteiger partial charge in [0.2, 0.25) is 15.9 Å². The Morgan fingerprint density at radius 1 is 1.16 bits per heavy atom. The Balaban J connectivity index is 2.00. The summed E-state index contributed by atoms with van der Waals surface area (Å²) in [5.74, 6) is -0.0890. The van der Waals surface area contributed by atoms with Crippen LogP contribution in [-0.2, 0) is 28.4 Å². The molecule has 3 rings (SSSR count). The van der Waals surface area contributed by atoms with Crippen molar-refractivity contribution in [3.05, 3.63) is 39.0 Å². The SMILES string of the molecule is CCC(C)(C)NS(=O)(=O)c1ccc2c(c1)c(=O)n(CCC(=O)N1CCCC1)c(=O)n2C. The molecule has 0 atom stereocenters. The molecule has 0 aliphatic carbocycles. The molecule has 170 valence electrons. The molecule has 1 saturated heterocycles. The van der Waals surface area contributed by atoms with E-state index >= 15 is 0 Å². The minimum Gasteiger partial charge on any atom is -0.343 e. The van der Waals surface area contributed by atoms with Crippen LogP contribution in [0.5, 0.6) is 0 Å². The largest absolute Gasteiger partial charge is 0.343 e. The minimum atomic E-state index is -3.86. The van der Waals surface area contributed by atoms with E-state index in [1.54, 1.807) is 18.7 Å². The fourth-order valence-electron chi connectivity index (χ4n) is 3.69. The lowest BCUT2D eigenvalue weighted by Crippen LogP contribution is -2.43. The lowest BCUT2D eigenvalue weighted by molar-refractivity contribution is -0.130. The first-order chi connectivity index (χ1) is 14.5. The highest BCUT2D eigenvalue weighted by Gasteiger charge is 2.26. The smallest absolute Gasteiger partial charge is 0.331 e. The van der Waals surface area contributed by atoms with Crippen LogP contribution in [0.15, 0.2) is 32.7 Å². The second kappa shape index (κ2) is 8.58. The molecule has 1 N–H and O–H groups in total. The van der Waals surface area contributed by atoms with Gasteiger partial charge >= 0.3 is 5.69 Å². The fraction of sp³-hybridized carbons (Fsp3) is 0.571. The van der Waals surface area contributed by atoms with Crippen molar-refractivity contribution >= 4 is 26.8 Å². The zero-order valence-electron chi connectivity index (χ0n) is 18.5. The number of amides is 1. The van der Waals surface area contributed by atoms with E-state index in [-0.39, 0.29) is 29.2 Å². The molecule has 2 aromatic rings. The van der Waals surface area contributed by atoms with Crippen LogP contribution in [0.4, 0.5) is 0 Å². The van der Waals surface area contributed by atoms with Gasteiger partial charge in [0.05, 0.1) is 15.8 Å². The van der Waals surface area contributed by atoms with Gasteiger partial charge in [-0.3, -0.25) is 18.7 Å². The van der Waals surface area contributed by atoms with Gasteiger partial charge in [-0.1, -0.05) is 6.92 Å². The predicted molar refractivity (Wildman–Crippen MR) is 119 cm³/mol. The summed E-state index contributed by atoms with van der Waals surface area (Å²) in [4.78, 5) is 39.8. The van der Waals surface area contributed by atoms with E-state index in [2.05, 4.69) is 4.72 Å². The Bertz CT molecular complexity index is 1220. The van der Waals surface area contributed by atoms with Crippen molar-refractivity contribution < 1.29 is 13.2 Å². The number of likely N-dealkylation sites (tertiary alicyclic amines) is 1. The third-order valence-electron chi connectivity index (χ3n) is 5.94. The first kappa shape index (κ1) is 23.2. The second-order valence-corrected chi connectivity index (χ2v) is 10.3. The number of aromatic nitrogens is 2. The van der Waals surface area contributed by atoms with Crippen molar-refractivity contribution in [2.75, 3.05) is 13.1 Å². The molecule has 1 aromatic carbocycles. The number of hydrogen-bond acceptors (Lipinski definition) is 5. The Hall–Kier alpha value is -2.46. The highest BCUT2D eigenvalue weighted by molar-refractivity contribution is 7.89. The molecule has 1 aromatic heterocycles. The molecule has 9 nitrogen and oxygen atoms in total. The summed E-state index contributed by atoms with van der Waals surface area (Å²) in [6, 6.07) is 4.14. The molecule has 0 bridgehead atoms. The summed E-state index contributed by atoms with van der Waals surface area (Å²) in [7, 11) is -2.33. The lowest BCUT2D eigenvalue weighted by atomic mass is 10.0. The van der Waals surface area contributed by atoms with Gasteiger partial charge in [0.25, 0.3) is 5.56 Å². The average molecular weight is 451 g/mol. The van der Waals surface area contributed by atoms with Crippen LogP contribution in [-0.4, -0.2) is 47.0 Å². The van der Waals surface area contributed by atoms with Crippen molar-refractivity contribution in [1.29, 1.82) is 0 Å². The number of sulfonamides is 1. The van der Waals surface area contributed by atoms with E-state index in [1.165, 1.54) is 29.8 Å². The van der Waals surface area contributed by atoms with Crippen molar-refractivity contribution in [3.63, 3.8) is 0 Å². The van der Waals surface area contributed by atoms with Crippen LogP contribution < -0.4 is 16.0 Å². The summed E-state index contributed by atoms with van der Waals surface area (Å²) in [6.45, 7) is 6.78. The molecule has 0 spiro atoms. The molecule has 0 saturated carbocycles. The van der Waals surface area contributed by atoms with Gasteiger partial charge in [0.1, 0.15) is 0 Å². The van der Waals surface area contributed by atoms with E-state index < -0.39 is 26.8 Å². The maximum absolute atomic E-state index is 13.1. The first-order valence-electron chi connectivity index (χ1n) is 10.5. The molecule has 2 heterocycles. The Morgan fingerprint density at radius 3 is 2.42 bits per heavy atom. The highest BCUT2D eigenvalue weighted by Crippen LogP contribution is 2.19. The normalized spacial score (nSPS) is 15.0. The van der Waals surface area contributed by atoms with Gasteiger partial charge in [-0.05, 0) is 51.3 Å². The van der Waals surface area contributed by atoms with Gasteiger partial charge in [-0.15, -0.1) is 0 Å². The number of carbonyl (C=O) groups is 1. The third-order valence-corrected chi connectivity index (χ3v) is 7.63. The van der Waals surface area contributed by atoms with E-state index in [0.29, 0.717) is 25.0 Å². The first-order valence-corrected chi connectivity index (χ1v) is 12.0. The van der Waals surface area contributed by atoms with Crippen molar-refractivity contribution in [2.24, 2.45) is 7.05 Å². The predicted octanol–water partition coefficient (Wildman–Crippen LogP) is 1.18. The molecule has 10 heteroatoms. The van der Waals surface area contributed by atoms with E-state index in [4.69, 9.17) is 0 Å². The summed E-state index contributed by atoms with van der Waals surface area (Å²) in [6.07, 6.45) is 2.56. The molecule has 0 radical (unpaired) electrons. The van der Waals surface area contributed by atoms with Gasteiger partial charge in [-0.25, -0.2) is 17.9 Å². The number of rotatable bonds is 7. The Kier molecular flexibility index (Phi) is 6.43. The number of carbonyl (C=O) groups excluding carboxylic acids is 1. The van der Waals surface area contributed by atoms with Crippen LogP contribution in [0.2, 0.25) is 0 Å². The van der Waals surface area contributed by atoms with Crippen molar-refractivity contribution in [1.82, 2.24) is 18.8 Å². The molecular formula is C21H30N4O5S. The lowest BCUT2D eigenvalue weighted by Gasteiger charge is -2.24. The van der Waals surface area contributed by atoms with Crippen molar-refractivity contribution in [3.8, 4) is 0 Å². The number of fused-ring (bicyclic) bond motifs is 1. The fourth-order valence-corrected chi connectivity index (χ4v) is 5.20.